The van der Waals surface area contributed by atoms with Gasteiger partial charge in [-0.15, -0.1) is 0 Å². The van der Waals surface area contributed by atoms with E-state index in [0.29, 0.717) is 0 Å². The fourth-order valence-corrected chi connectivity index (χ4v) is 2.74. The lowest BCUT2D eigenvalue weighted by Crippen LogP contribution is -2.39. The number of guanidine groups is 1. The zero-order valence-corrected chi connectivity index (χ0v) is 12.6. The fourth-order valence-electron chi connectivity index (χ4n) is 2.74. The van der Waals surface area contributed by atoms with Crippen LogP contribution >= 0.6 is 0 Å². The van der Waals surface area contributed by atoms with Crippen molar-refractivity contribution in [1.29, 1.82) is 0 Å². The van der Waals surface area contributed by atoms with Gasteiger partial charge in [-0.1, -0.05) is 36.8 Å². The molecule has 0 amide bonds. The van der Waals surface area contributed by atoms with Crippen molar-refractivity contribution in [2.45, 2.75) is 38.5 Å². The molecule has 1 saturated heterocycles. The zero-order valence-electron chi connectivity index (χ0n) is 12.6. The highest BCUT2D eigenvalue weighted by Crippen LogP contribution is 2.08. The first kappa shape index (κ1) is 14.9. The van der Waals surface area contributed by atoms with E-state index in [-0.39, 0.29) is 0 Å². The number of aliphatic imine (C=N–C) groups is 1. The molecule has 1 aromatic rings. The lowest BCUT2D eigenvalue weighted by atomic mass is 10.1. The van der Waals surface area contributed by atoms with Crippen molar-refractivity contribution in [1.82, 2.24) is 10.2 Å². The average molecular weight is 273 g/mol. The molecular weight excluding hydrogens is 246 g/mol. The number of benzene rings is 1. The highest BCUT2D eigenvalue weighted by atomic mass is 15.3. The van der Waals surface area contributed by atoms with Gasteiger partial charge >= 0.3 is 0 Å². The predicted molar refractivity (Wildman–Crippen MR) is 86.2 cm³/mol. The molecule has 0 spiro atoms. The van der Waals surface area contributed by atoms with Gasteiger partial charge in [0.05, 0.1) is 0 Å². The van der Waals surface area contributed by atoms with E-state index in [2.05, 4.69) is 45.5 Å². The Morgan fingerprint density at radius 1 is 1.10 bits per heavy atom. The molecule has 1 aliphatic heterocycles. The van der Waals surface area contributed by atoms with Gasteiger partial charge in [-0.25, -0.2) is 0 Å². The van der Waals surface area contributed by atoms with Gasteiger partial charge in [0.15, 0.2) is 5.96 Å². The van der Waals surface area contributed by atoms with E-state index >= 15 is 0 Å². The molecule has 0 aliphatic carbocycles. The molecule has 0 aromatic heterocycles. The van der Waals surface area contributed by atoms with Crippen LogP contribution in [-0.4, -0.2) is 37.5 Å². The van der Waals surface area contributed by atoms with Crippen LogP contribution in [0.25, 0.3) is 0 Å². The second-order valence-electron chi connectivity index (χ2n) is 5.46. The summed E-state index contributed by atoms with van der Waals surface area (Å²) in [6, 6.07) is 10.8. The van der Waals surface area contributed by atoms with Crippen molar-refractivity contribution in [3.8, 4) is 0 Å². The van der Waals surface area contributed by atoms with Crippen LogP contribution in [-0.2, 0) is 6.42 Å². The lowest BCUT2D eigenvalue weighted by Gasteiger charge is -2.20. The van der Waals surface area contributed by atoms with Gasteiger partial charge in [-0.3, -0.25) is 4.99 Å². The summed E-state index contributed by atoms with van der Waals surface area (Å²) in [5, 5.41) is 3.49. The van der Waals surface area contributed by atoms with Crippen LogP contribution in [0.1, 0.15) is 37.7 Å². The minimum Gasteiger partial charge on any atom is -0.356 e. The van der Waals surface area contributed by atoms with E-state index in [1.54, 1.807) is 0 Å². The molecule has 20 heavy (non-hydrogen) atoms. The third-order valence-electron chi connectivity index (χ3n) is 3.89. The normalized spacial score (nSPS) is 15.7. The van der Waals surface area contributed by atoms with Gasteiger partial charge in [0.1, 0.15) is 0 Å². The molecule has 3 heteroatoms. The third kappa shape index (κ3) is 4.87. The number of nitrogens with one attached hydrogen (secondary N) is 1. The molecule has 0 bridgehead atoms. The minimum atomic E-state index is 1.04. The summed E-state index contributed by atoms with van der Waals surface area (Å²) >= 11 is 0. The Bertz CT molecular complexity index is 394. The lowest BCUT2D eigenvalue weighted by molar-refractivity contribution is 0.490. The Morgan fingerprint density at radius 2 is 1.85 bits per heavy atom. The maximum atomic E-state index is 4.37. The van der Waals surface area contributed by atoms with Crippen LogP contribution in [0, 0.1) is 0 Å². The molecule has 1 aromatic carbocycles. The van der Waals surface area contributed by atoms with Crippen LogP contribution < -0.4 is 5.32 Å². The molecule has 3 nitrogen and oxygen atoms in total. The molecule has 0 radical (unpaired) electrons. The first-order chi connectivity index (χ1) is 9.90. The summed E-state index contributed by atoms with van der Waals surface area (Å²) in [6.45, 7) is 3.36. The summed E-state index contributed by atoms with van der Waals surface area (Å²) in [7, 11) is 1.88. The Balaban J connectivity index is 1.55. The average Bonchev–Trinajstić information content (AvgIpc) is 3.02. The molecule has 1 aliphatic rings. The number of likely N-dealkylation sites (tertiary alicyclic amines) is 1. The van der Waals surface area contributed by atoms with Gasteiger partial charge in [-0.2, -0.15) is 0 Å². The van der Waals surface area contributed by atoms with Crippen molar-refractivity contribution in [3.63, 3.8) is 0 Å². The number of rotatable bonds is 6. The number of unbranched alkanes of at least 4 members (excludes halogenated alkanes) is 2. The van der Waals surface area contributed by atoms with Crippen LogP contribution in [0.2, 0.25) is 0 Å². The Morgan fingerprint density at radius 3 is 2.55 bits per heavy atom. The van der Waals surface area contributed by atoms with Gasteiger partial charge in [0, 0.05) is 26.7 Å². The fraction of sp³-hybridized carbons (Fsp3) is 0.588. The number of hydrogen-bond acceptors (Lipinski definition) is 1. The first-order valence-electron chi connectivity index (χ1n) is 7.89. The largest absolute Gasteiger partial charge is 0.356 e. The maximum Gasteiger partial charge on any atom is 0.193 e. The summed E-state index contributed by atoms with van der Waals surface area (Å²) < 4.78 is 0. The van der Waals surface area contributed by atoms with E-state index in [9.17, 15) is 0 Å². The monoisotopic (exact) mass is 273 g/mol. The highest BCUT2D eigenvalue weighted by molar-refractivity contribution is 5.80. The van der Waals surface area contributed by atoms with Crippen LogP contribution in [0.4, 0.5) is 0 Å². The summed E-state index contributed by atoms with van der Waals surface area (Å²) in [6.07, 6.45) is 7.57. The quantitative estimate of drug-likeness (QED) is 0.490. The smallest absolute Gasteiger partial charge is 0.193 e. The van der Waals surface area contributed by atoms with Gasteiger partial charge in [0.2, 0.25) is 0 Å². The van der Waals surface area contributed by atoms with E-state index in [1.165, 1.54) is 44.1 Å². The van der Waals surface area contributed by atoms with Crippen LogP contribution in [0.3, 0.4) is 0 Å². The van der Waals surface area contributed by atoms with Crippen LogP contribution in [0.5, 0.6) is 0 Å². The molecule has 2 rings (SSSR count). The second kappa shape index (κ2) is 8.62. The van der Waals surface area contributed by atoms with Crippen molar-refractivity contribution in [2.24, 2.45) is 4.99 Å². The van der Waals surface area contributed by atoms with E-state index in [4.69, 9.17) is 0 Å². The summed E-state index contributed by atoms with van der Waals surface area (Å²) in [5.74, 6) is 1.09. The minimum absolute atomic E-state index is 1.04. The maximum absolute atomic E-state index is 4.37. The number of hydrogen-bond donors (Lipinski definition) is 1. The van der Waals surface area contributed by atoms with Crippen molar-refractivity contribution in [3.05, 3.63) is 35.9 Å². The molecular formula is C17H27N3. The number of nitrogens with zero attached hydrogens (tertiary/aromatic N) is 2. The zero-order chi connectivity index (χ0) is 14.0. The van der Waals surface area contributed by atoms with Crippen molar-refractivity contribution in [2.75, 3.05) is 26.7 Å². The van der Waals surface area contributed by atoms with Gasteiger partial charge < -0.3 is 10.2 Å². The van der Waals surface area contributed by atoms with Gasteiger partial charge in [0.25, 0.3) is 0 Å². The standard InChI is InChI=1S/C17H27N3/c1-18-17(20-14-8-9-15-20)19-13-7-3-6-12-16-10-4-2-5-11-16/h2,4-5,10-11H,3,6-9,12-15H2,1H3,(H,18,19). The highest BCUT2D eigenvalue weighted by Gasteiger charge is 2.14. The molecule has 110 valence electrons. The third-order valence-corrected chi connectivity index (χ3v) is 3.89. The van der Waals surface area contributed by atoms with E-state index in [1.807, 2.05) is 7.05 Å². The summed E-state index contributed by atoms with van der Waals surface area (Å²) in [4.78, 5) is 6.73. The molecule has 1 N–H and O–H groups in total. The Kier molecular flexibility index (Phi) is 6.42. The topological polar surface area (TPSA) is 27.6 Å². The molecule has 1 fully saturated rings. The molecule has 0 unspecified atom stereocenters. The number of aryl methyl sites for hydroxylation is 1. The molecule has 0 saturated carbocycles. The predicted octanol–water partition coefficient (Wildman–Crippen LogP) is 3.07. The van der Waals surface area contributed by atoms with Crippen LogP contribution in [0.15, 0.2) is 35.3 Å². The van der Waals surface area contributed by atoms with E-state index < -0.39 is 0 Å². The SMILES string of the molecule is CN=C(NCCCCCc1ccccc1)N1CCCC1. The second-order valence-corrected chi connectivity index (χ2v) is 5.46. The van der Waals surface area contributed by atoms with E-state index in [0.717, 1.165) is 25.6 Å². The molecule has 1 heterocycles. The summed E-state index contributed by atoms with van der Waals surface area (Å²) in [5.41, 5.74) is 1.45. The Hall–Kier alpha value is -1.51. The molecule has 0 atom stereocenters. The van der Waals surface area contributed by atoms with Gasteiger partial charge in [-0.05, 0) is 37.7 Å². The van der Waals surface area contributed by atoms with Crippen molar-refractivity contribution < 1.29 is 0 Å². The first-order valence-corrected chi connectivity index (χ1v) is 7.89. The van der Waals surface area contributed by atoms with Crippen molar-refractivity contribution >= 4 is 5.96 Å². The Labute approximate surface area is 123 Å².